The highest BCUT2D eigenvalue weighted by molar-refractivity contribution is 7.00. The molecule has 2 aliphatic heterocycles. The minimum absolute atomic E-state index is 0.128. The summed E-state index contributed by atoms with van der Waals surface area (Å²) in [5.74, 6) is 0.321. The van der Waals surface area contributed by atoms with E-state index in [0.717, 1.165) is 12.8 Å². The SMILES string of the molecule is CC1(C)CC(c2cc3c4c(c2)N(c2c(-c5ccccc5)cccc2-c2ccccc2)c2ccc(-c5ccccc5)cc2B4c2cc(-c4ccccc4)ccc2N3c2c(-c3ccccc3)cccc2-c2ccccc2)CC(C)(C)C1. The first-order chi connectivity index (χ1) is 38.7. The highest BCUT2D eigenvalue weighted by Crippen LogP contribution is 2.57. The third-order valence-electron chi connectivity index (χ3n) is 17.2. The summed E-state index contributed by atoms with van der Waals surface area (Å²) >= 11 is 0. The molecule has 1 aliphatic carbocycles. The lowest BCUT2D eigenvalue weighted by atomic mass is 9.33. The van der Waals surface area contributed by atoms with E-state index >= 15 is 0 Å². The Hall–Kier alpha value is -8.92. The number of benzene rings is 11. The maximum atomic E-state index is 2.71. The standard InChI is InChI=1S/C76H63BN2/c1-75(2)49-61(50-76(3,4)51-75)60-47-70-72-71(48-60)79(74-64(56-33-19-9-20-34-56)39-24-40-65(74)57-35-21-10-22-36-57)69-44-42-59(53-27-13-6-14-28-53)46-67(69)77(72)66-45-58(52-25-11-5-12-26-52)41-43-68(66)78(70)73-62(54-29-15-7-16-30-54)37-23-38-63(73)55-31-17-8-18-32-55/h5-48,61H,49-51H2,1-4H3. The Labute approximate surface area is 467 Å². The van der Waals surface area contributed by atoms with Gasteiger partial charge >= 0.3 is 0 Å². The molecule has 0 unspecified atom stereocenters. The average Bonchev–Trinajstić information content (AvgIpc) is 3.64. The van der Waals surface area contributed by atoms with Crippen molar-refractivity contribution in [3.8, 4) is 66.8 Å². The van der Waals surface area contributed by atoms with Gasteiger partial charge in [-0.3, -0.25) is 0 Å². The van der Waals surface area contributed by atoms with Crippen LogP contribution in [0.2, 0.25) is 0 Å². The summed E-state index contributed by atoms with van der Waals surface area (Å²) in [5.41, 5.74) is 27.2. The van der Waals surface area contributed by atoms with Gasteiger partial charge in [-0.05, 0) is 127 Å². The van der Waals surface area contributed by atoms with Gasteiger partial charge < -0.3 is 9.80 Å². The third-order valence-corrected chi connectivity index (χ3v) is 17.2. The van der Waals surface area contributed by atoms with Crippen LogP contribution >= 0.6 is 0 Å². The normalized spacial score (nSPS) is 15.0. The Kier molecular flexibility index (Phi) is 12.0. The van der Waals surface area contributed by atoms with E-state index in [1.807, 2.05) is 0 Å². The molecule has 1 saturated carbocycles. The zero-order chi connectivity index (χ0) is 53.2. The summed E-state index contributed by atoms with van der Waals surface area (Å²) in [7, 11) is 0. The van der Waals surface area contributed by atoms with Gasteiger partial charge in [0.2, 0.25) is 0 Å². The van der Waals surface area contributed by atoms with E-state index < -0.39 is 0 Å². The Bertz CT molecular complexity index is 3670. The lowest BCUT2D eigenvalue weighted by molar-refractivity contribution is 0.0969. The Morgan fingerprint density at radius 3 is 0.962 bits per heavy atom. The van der Waals surface area contributed by atoms with E-state index in [1.54, 1.807) is 0 Å². The molecule has 2 nitrogen and oxygen atoms in total. The second kappa shape index (κ2) is 19.5. The first-order valence-electron chi connectivity index (χ1n) is 28.3. The molecule has 79 heavy (non-hydrogen) atoms. The van der Waals surface area contributed by atoms with E-state index in [0.29, 0.717) is 5.92 Å². The van der Waals surface area contributed by atoms with Gasteiger partial charge in [0.25, 0.3) is 6.71 Å². The van der Waals surface area contributed by atoms with Crippen molar-refractivity contribution in [3.05, 3.63) is 272 Å². The highest BCUT2D eigenvalue weighted by Gasteiger charge is 2.47. The fourth-order valence-electron chi connectivity index (χ4n) is 14.4. The fraction of sp³-hybridized carbons (Fsp3) is 0.132. The van der Waals surface area contributed by atoms with Gasteiger partial charge in [0.1, 0.15) is 0 Å². The van der Waals surface area contributed by atoms with E-state index in [4.69, 9.17) is 0 Å². The molecule has 0 N–H and O–H groups in total. The fourth-order valence-corrected chi connectivity index (χ4v) is 14.4. The second-order valence-corrected chi connectivity index (χ2v) is 23.8. The van der Waals surface area contributed by atoms with Gasteiger partial charge in [-0.15, -0.1) is 0 Å². The molecule has 14 rings (SSSR count). The van der Waals surface area contributed by atoms with Crippen LogP contribution in [-0.4, -0.2) is 6.71 Å². The lowest BCUT2D eigenvalue weighted by Gasteiger charge is -2.48. The van der Waals surface area contributed by atoms with E-state index in [9.17, 15) is 0 Å². The Morgan fingerprint density at radius 2 is 0.633 bits per heavy atom. The molecule has 0 spiro atoms. The van der Waals surface area contributed by atoms with Gasteiger partial charge in [0, 0.05) is 45.0 Å². The predicted molar refractivity (Wildman–Crippen MR) is 337 cm³/mol. The van der Waals surface area contributed by atoms with Crippen molar-refractivity contribution in [2.45, 2.75) is 52.9 Å². The molecule has 0 bridgehead atoms. The quantitative estimate of drug-likeness (QED) is 0.133. The van der Waals surface area contributed by atoms with E-state index in [-0.39, 0.29) is 17.5 Å². The number of hydrogen-bond donors (Lipinski definition) is 0. The molecule has 0 saturated heterocycles. The molecule has 0 atom stereocenters. The molecule has 3 heteroatoms. The predicted octanol–water partition coefficient (Wildman–Crippen LogP) is 19.1. The monoisotopic (exact) mass is 1010 g/mol. The van der Waals surface area contributed by atoms with Crippen LogP contribution in [0.4, 0.5) is 34.1 Å². The summed E-state index contributed by atoms with van der Waals surface area (Å²) in [6.07, 6.45) is 3.41. The summed E-state index contributed by atoms with van der Waals surface area (Å²) in [6, 6.07) is 100. The lowest BCUT2D eigenvalue weighted by Crippen LogP contribution is -2.61. The summed E-state index contributed by atoms with van der Waals surface area (Å²) in [4.78, 5) is 5.41. The van der Waals surface area contributed by atoms with Crippen molar-refractivity contribution in [1.29, 1.82) is 0 Å². The van der Waals surface area contributed by atoms with Crippen molar-refractivity contribution in [3.63, 3.8) is 0 Å². The number of nitrogens with zero attached hydrogens (tertiary/aromatic N) is 2. The van der Waals surface area contributed by atoms with Crippen LogP contribution in [0.1, 0.15) is 58.4 Å². The van der Waals surface area contributed by atoms with E-state index in [2.05, 4.69) is 304 Å². The van der Waals surface area contributed by atoms with Gasteiger partial charge in [0.05, 0.1) is 11.4 Å². The van der Waals surface area contributed by atoms with Crippen molar-refractivity contribution in [2.24, 2.45) is 10.8 Å². The highest BCUT2D eigenvalue weighted by atomic mass is 15.2. The van der Waals surface area contributed by atoms with Gasteiger partial charge in [0.15, 0.2) is 0 Å². The van der Waals surface area contributed by atoms with Crippen LogP contribution in [0, 0.1) is 10.8 Å². The maximum Gasteiger partial charge on any atom is 0.252 e. The van der Waals surface area contributed by atoms with Gasteiger partial charge in [-0.2, -0.15) is 0 Å². The first-order valence-corrected chi connectivity index (χ1v) is 28.3. The molecule has 11 aromatic carbocycles. The molecule has 3 aliphatic rings. The van der Waals surface area contributed by atoms with Crippen LogP contribution in [-0.2, 0) is 0 Å². The molecule has 0 amide bonds. The molecule has 11 aromatic rings. The van der Waals surface area contributed by atoms with Gasteiger partial charge in [-0.25, -0.2) is 0 Å². The summed E-state index contributed by atoms with van der Waals surface area (Å²) < 4.78 is 0. The topological polar surface area (TPSA) is 6.48 Å². The molecule has 0 radical (unpaired) electrons. The smallest absolute Gasteiger partial charge is 0.252 e. The maximum absolute atomic E-state index is 2.71. The van der Waals surface area contributed by atoms with Crippen molar-refractivity contribution >= 4 is 57.2 Å². The molecule has 380 valence electrons. The van der Waals surface area contributed by atoms with Crippen LogP contribution in [0.5, 0.6) is 0 Å². The van der Waals surface area contributed by atoms with Crippen LogP contribution in [0.3, 0.4) is 0 Å². The molecular weight excluding hydrogens is 952 g/mol. The van der Waals surface area contributed by atoms with Crippen molar-refractivity contribution < 1.29 is 0 Å². The third kappa shape index (κ3) is 8.70. The van der Waals surface area contributed by atoms with Gasteiger partial charge in [-0.1, -0.05) is 270 Å². The molecule has 2 heterocycles. The first kappa shape index (κ1) is 48.5. The van der Waals surface area contributed by atoms with Crippen LogP contribution < -0.4 is 26.2 Å². The van der Waals surface area contributed by atoms with Crippen LogP contribution in [0.15, 0.2) is 267 Å². The minimum atomic E-state index is -0.128. The number of rotatable bonds is 9. The minimum Gasteiger partial charge on any atom is -0.310 e. The van der Waals surface area contributed by atoms with Crippen LogP contribution in [0.25, 0.3) is 66.8 Å². The summed E-state index contributed by atoms with van der Waals surface area (Å²) in [5, 5.41) is 0. The zero-order valence-corrected chi connectivity index (χ0v) is 45.6. The zero-order valence-electron chi connectivity index (χ0n) is 45.6. The van der Waals surface area contributed by atoms with Crippen molar-refractivity contribution in [1.82, 2.24) is 0 Å². The number of anilines is 6. The number of fused-ring (bicyclic) bond motifs is 4. The molecule has 1 fully saturated rings. The Balaban J connectivity index is 1.17. The molecule has 0 aromatic heterocycles. The summed E-state index contributed by atoms with van der Waals surface area (Å²) in [6.45, 7) is 9.89. The largest absolute Gasteiger partial charge is 0.310 e. The molecular formula is C76H63BN2. The van der Waals surface area contributed by atoms with Crippen molar-refractivity contribution in [2.75, 3.05) is 9.80 Å². The second-order valence-electron chi connectivity index (χ2n) is 23.8. The average molecular weight is 1020 g/mol. The number of para-hydroxylation sites is 2. The number of hydrogen-bond acceptors (Lipinski definition) is 2. The Morgan fingerprint density at radius 1 is 0.316 bits per heavy atom. The van der Waals surface area contributed by atoms with E-state index in [1.165, 1.54) is 129 Å².